The Hall–Kier alpha value is -2.96. The maximum absolute atomic E-state index is 12.6. The standard InChI is InChI=1S/C19H18O7/c1-22-12-6-9(7-13(23-2)18(12)24-3)14-10-4-5-25-17(10)16(20)11-8-26-19(21)15(11)14/h4-7,11,14-15H,8H2,1-3H3/t11-,14+,15+/m0/s1. The van der Waals surface area contributed by atoms with Gasteiger partial charge in [-0.1, -0.05) is 0 Å². The van der Waals surface area contributed by atoms with Gasteiger partial charge in [0.15, 0.2) is 17.3 Å². The van der Waals surface area contributed by atoms with Gasteiger partial charge in [-0.3, -0.25) is 9.59 Å². The van der Waals surface area contributed by atoms with Crippen LogP contribution < -0.4 is 14.2 Å². The minimum Gasteiger partial charge on any atom is -0.493 e. The van der Waals surface area contributed by atoms with Crippen molar-refractivity contribution in [2.24, 2.45) is 11.8 Å². The topological polar surface area (TPSA) is 84.2 Å². The normalized spacial score (nSPS) is 23.9. The van der Waals surface area contributed by atoms with Crippen LogP contribution in [0.1, 0.15) is 27.6 Å². The second-order valence-electron chi connectivity index (χ2n) is 6.27. The number of ether oxygens (including phenoxy) is 4. The molecule has 7 heteroatoms. The SMILES string of the molecule is COc1cc([C@@H]2c3ccoc3C(=O)[C@H]3COC(=O)[C@@H]23)cc(OC)c1OC. The van der Waals surface area contributed by atoms with Gasteiger partial charge in [0, 0.05) is 11.5 Å². The molecule has 1 saturated heterocycles. The number of esters is 1. The van der Waals surface area contributed by atoms with Crippen molar-refractivity contribution in [3.05, 3.63) is 41.3 Å². The van der Waals surface area contributed by atoms with Crippen molar-refractivity contribution in [3.8, 4) is 17.2 Å². The largest absolute Gasteiger partial charge is 0.493 e. The first kappa shape index (κ1) is 16.5. The van der Waals surface area contributed by atoms with E-state index < -0.39 is 17.8 Å². The van der Waals surface area contributed by atoms with Crippen LogP contribution in [0, 0.1) is 11.8 Å². The third-order valence-corrected chi connectivity index (χ3v) is 5.11. The number of Topliss-reactive ketones (excluding diaryl/α,β-unsaturated/α-hetero) is 1. The summed E-state index contributed by atoms with van der Waals surface area (Å²) in [6.07, 6.45) is 1.47. The molecule has 0 bridgehead atoms. The quantitative estimate of drug-likeness (QED) is 0.776. The zero-order valence-corrected chi connectivity index (χ0v) is 14.6. The highest BCUT2D eigenvalue weighted by Gasteiger charge is 2.53. The summed E-state index contributed by atoms with van der Waals surface area (Å²) >= 11 is 0. The van der Waals surface area contributed by atoms with E-state index in [0.717, 1.165) is 5.56 Å². The van der Waals surface area contributed by atoms with Gasteiger partial charge < -0.3 is 23.4 Å². The average molecular weight is 358 g/mol. The fourth-order valence-electron chi connectivity index (χ4n) is 3.94. The molecule has 2 aliphatic rings. The second kappa shape index (κ2) is 6.09. The zero-order chi connectivity index (χ0) is 18.4. The minimum atomic E-state index is -0.601. The van der Waals surface area contributed by atoms with E-state index in [4.69, 9.17) is 23.4 Å². The predicted molar refractivity (Wildman–Crippen MR) is 88.9 cm³/mol. The van der Waals surface area contributed by atoms with Crippen molar-refractivity contribution in [1.82, 2.24) is 0 Å². The maximum atomic E-state index is 12.6. The van der Waals surface area contributed by atoms with Gasteiger partial charge in [-0.05, 0) is 23.8 Å². The van der Waals surface area contributed by atoms with Crippen LogP contribution in [0.5, 0.6) is 17.2 Å². The summed E-state index contributed by atoms with van der Waals surface area (Å²) in [5.41, 5.74) is 1.44. The van der Waals surface area contributed by atoms with Crippen molar-refractivity contribution < 1.29 is 33.0 Å². The van der Waals surface area contributed by atoms with Crippen LogP contribution in [0.3, 0.4) is 0 Å². The van der Waals surface area contributed by atoms with Gasteiger partial charge in [0.2, 0.25) is 11.5 Å². The molecule has 0 amide bonds. The summed E-state index contributed by atoms with van der Waals surface area (Å²) in [5, 5.41) is 0. The molecule has 1 fully saturated rings. The lowest BCUT2D eigenvalue weighted by atomic mass is 9.69. The van der Waals surface area contributed by atoms with Gasteiger partial charge in [0.1, 0.15) is 6.61 Å². The molecule has 4 rings (SSSR count). The molecule has 7 nitrogen and oxygen atoms in total. The zero-order valence-electron chi connectivity index (χ0n) is 14.6. The molecule has 0 unspecified atom stereocenters. The maximum Gasteiger partial charge on any atom is 0.310 e. The van der Waals surface area contributed by atoms with Gasteiger partial charge >= 0.3 is 5.97 Å². The number of methoxy groups -OCH3 is 3. The Morgan fingerprint density at radius 1 is 1.04 bits per heavy atom. The molecule has 0 spiro atoms. The molecule has 0 radical (unpaired) electrons. The Bertz CT molecular complexity index is 857. The number of ketones is 1. The van der Waals surface area contributed by atoms with Gasteiger partial charge in [-0.15, -0.1) is 0 Å². The van der Waals surface area contributed by atoms with Crippen LogP contribution in [0.15, 0.2) is 28.9 Å². The lowest BCUT2D eigenvalue weighted by molar-refractivity contribution is -0.141. The number of benzene rings is 1. The number of cyclic esters (lactones) is 1. The van der Waals surface area contributed by atoms with E-state index in [1.807, 2.05) is 0 Å². The first-order valence-corrected chi connectivity index (χ1v) is 8.18. The number of carbonyl (C=O) groups is 2. The highest BCUT2D eigenvalue weighted by Crippen LogP contribution is 2.50. The molecule has 136 valence electrons. The van der Waals surface area contributed by atoms with E-state index >= 15 is 0 Å². The number of hydrogen-bond donors (Lipinski definition) is 0. The Morgan fingerprint density at radius 2 is 1.73 bits per heavy atom. The van der Waals surface area contributed by atoms with Crippen molar-refractivity contribution >= 4 is 11.8 Å². The van der Waals surface area contributed by atoms with Crippen molar-refractivity contribution in [2.75, 3.05) is 27.9 Å². The summed E-state index contributed by atoms with van der Waals surface area (Å²) in [7, 11) is 4.58. The second-order valence-corrected chi connectivity index (χ2v) is 6.27. The number of carbonyl (C=O) groups excluding carboxylic acids is 2. The summed E-state index contributed by atoms with van der Waals surface area (Å²) in [6.45, 7) is 0.0728. The van der Waals surface area contributed by atoms with E-state index in [9.17, 15) is 9.59 Å². The van der Waals surface area contributed by atoms with E-state index in [0.29, 0.717) is 22.8 Å². The van der Waals surface area contributed by atoms with Gasteiger partial charge in [-0.2, -0.15) is 0 Å². The van der Waals surface area contributed by atoms with Crippen LogP contribution in [0.4, 0.5) is 0 Å². The Balaban J connectivity index is 1.92. The molecule has 0 N–H and O–H groups in total. The molecule has 3 atom stereocenters. The Kier molecular flexibility index (Phi) is 3.86. The van der Waals surface area contributed by atoms with Crippen LogP contribution >= 0.6 is 0 Å². The lowest BCUT2D eigenvalue weighted by Crippen LogP contribution is -2.35. The predicted octanol–water partition coefficient (Wildman–Crippen LogP) is 2.42. The van der Waals surface area contributed by atoms with Crippen LogP contribution in [-0.2, 0) is 9.53 Å². The number of fused-ring (bicyclic) bond motifs is 2. The van der Waals surface area contributed by atoms with Crippen LogP contribution in [0.2, 0.25) is 0 Å². The molecular weight excluding hydrogens is 340 g/mol. The summed E-state index contributed by atoms with van der Waals surface area (Å²) in [4.78, 5) is 25.0. The third kappa shape index (κ3) is 2.20. The van der Waals surface area contributed by atoms with Crippen molar-refractivity contribution in [3.63, 3.8) is 0 Å². The number of hydrogen-bond acceptors (Lipinski definition) is 7. The fraction of sp³-hybridized carbons (Fsp3) is 0.368. The van der Waals surface area contributed by atoms with Crippen molar-refractivity contribution in [1.29, 1.82) is 0 Å². The molecule has 1 aromatic carbocycles. The first-order valence-electron chi connectivity index (χ1n) is 8.18. The monoisotopic (exact) mass is 358 g/mol. The highest BCUT2D eigenvalue weighted by atomic mass is 16.5. The molecule has 1 aliphatic carbocycles. The van der Waals surface area contributed by atoms with E-state index in [1.165, 1.54) is 27.6 Å². The lowest BCUT2D eigenvalue weighted by Gasteiger charge is -2.30. The number of furan rings is 1. The third-order valence-electron chi connectivity index (χ3n) is 5.11. The van der Waals surface area contributed by atoms with Gasteiger partial charge in [0.05, 0.1) is 39.4 Å². The summed E-state index contributed by atoms with van der Waals surface area (Å²) in [5.74, 6) is -0.417. The molecule has 26 heavy (non-hydrogen) atoms. The van der Waals surface area contributed by atoms with Crippen LogP contribution in [0.25, 0.3) is 0 Å². The average Bonchev–Trinajstić information content (AvgIpc) is 3.29. The molecule has 0 saturated carbocycles. The Morgan fingerprint density at radius 3 is 2.35 bits per heavy atom. The molecule has 2 aromatic rings. The van der Waals surface area contributed by atoms with E-state index in [2.05, 4.69) is 0 Å². The van der Waals surface area contributed by atoms with Crippen molar-refractivity contribution in [2.45, 2.75) is 5.92 Å². The summed E-state index contributed by atoms with van der Waals surface area (Å²) < 4.78 is 26.8. The molecule has 2 heterocycles. The fourth-order valence-corrected chi connectivity index (χ4v) is 3.94. The number of rotatable bonds is 4. The van der Waals surface area contributed by atoms with E-state index in [1.54, 1.807) is 18.2 Å². The van der Waals surface area contributed by atoms with Gasteiger partial charge in [-0.25, -0.2) is 0 Å². The molecule has 1 aromatic heterocycles. The van der Waals surface area contributed by atoms with E-state index in [-0.39, 0.29) is 24.1 Å². The smallest absolute Gasteiger partial charge is 0.310 e. The highest BCUT2D eigenvalue weighted by molar-refractivity contribution is 6.03. The van der Waals surface area contributed by atoms with Crippen LogP contribution in [-0.4, -0.2) is 39.7 Å². The molecule has 1 aliphatic heterocycles. The summed E-state index contributed by atoms with van der Waals surface area (Å²) in [6, 6.07) is 5.31. The minimum absolute atomic E-state index is 0.0728. The Labute approximate surface area is 149 Å². The molecular formula is C19H18O7. The first-order chi connectivity index (χ1) is 12.6. The van der Waals surface area contributed by atoms with Gasteiger partial charge in [0.25, 0.3) is 0 Å².